The third-order valence-electron chi connectivity index (χ3n) is 3.82. The molecular weight excluding hydrogens is 326 g/mol. The van der Waals surface area contributed by atoms with E-state index in [9.17, 15) is 8.78 Å². The summed E-state index contributed by atoms with van der Waals surface area (Å²) in [5.74, 6) is -1.75. The summed E-state index contributed by atoms with van der Waals surface area (Å²) in [6, 6.07) is 5.51. The first-order valence-corrected chi connectivity index (χ1v) is 8.73. The fourth-order valence-electron chi connectivity index (χ4n) is 2.52. The number of benzene rings is 1. The van der Waals surface area contributed by atoms with Crippen LogP contribution in [0, 0.1) is 11.6 Å². The van der Waals surface area contributed by atoms with E-state index in [1.165, 1.54) is 10.7 Å². The molecule has 5 nitrogen and oxygen atoms in total. The van der Waals surface area contributed by atoms with Crippen molar-refractivity contribution in [1.82, 2.24) is 20.0 Å². The van der Waals surface area contributed by atoms with Crippen molar-refractivity contribution >= 4 is 0 Å². The Morgan fingerprint density at radius 3 is 2.60 bits per heavy atom. The lowest BCUT2D eigenvalue weighted by molar-refractivity contribution is 0.0866. The highest BCUT2D eigenvalue weighted by atomic mass is 19.2. The van der Waals surface area contributed by atoms with Crippen LogP contribution in [0.4, 0.5) is 8.78 Å². The normalized spacial score (nSPS) is 14.9. The maximum atomic E-state index is 13.2. The highest BCUT2D eigenvalue weighted by Crippen LogP contribution is 2.13. The van der Waals surface area contributed by atoms with Crippen molar-refractivity contribution in [1.29, 1.82) is 0 Å². The molecule has 1 fully saturated rings. The maximum absolute atomic E-state index is 13.2. The lowest BCUT2D eigenvalue weighted by Gasteiger charge is -2.26. The molecule has 0 atom stereocenters. The second kappa shape index (κ2) is 10.2. The predicted molar refractivity (Wildman–Crippen MR) is 93.8 cm³/mol. The average Bonchev–Trinajstić information content (AvgIpc) is 3.13. The summed E-state index contributed by atoms with van der Waals surface area (Å²) in [6.07, 6.45) is 1.71. The summed E-state index contributed by atoms with van der Waals surface area (Å²) in [5.41, 5.74) is 1.24. The van der Waals surface area contributed by atoms with E-state index in [1.54, 1.807) is 6.20 Å². The van der Waals surface area contributed by atoms with Crippen LogP contribution in [0.3, 0.4) is 0 Å². The van der Waals surface area contributed by atoms with Gasteiger partial charge in [0.15, 0.2) is 11.6 Å². The van der Waals surface area contributed by atoms with Crippen LogP contribution in [0.1, 0.15) is 19.5 Å². The third kappa shape index (κ3) is 5.88. The minimum atomic E-state index is -0.883. The van der Waals surface area contributed by atoms with Crippen molar-refractivity contribution in [2.45, 2.75) is 20.5 Å². The van der Waals surface area contributed by atoms with Crippen molar-refractivity contribution in [2.75, 3.05) is 39.3 Å². The van der Waals surface area contributed by atoms with Gasteiger partial charge in [-0.2, -0.15) is 5.10 Å². The smallest absolute Gasteiger partial charge is 0.160 e. The van der Waals surface area contributed by atoms with Crippen molar-refractivity contribution in [3.63, 3.8) is 0 Å². The molecular formula is C18H26F2N4O. The van der Waals surface area contributed by atoms with Gasteiger partial charge < -0.3 is 10.1 Å². The van der Waals surface area contributed by atoms with Gasteiger partial charge in [-0.15, -0.1) is 0 Å². The van der Waals surface area contributed by atoms with E-state index in [2.05, 4.69) is 15.3 Å². The van der Waals surface area contributed by atoms with Gasteiger partial charge in [0.2, 0.25) is 0 Å². The van der Waals surface area contributed by atoms with E-state index in [4.69, 9.17) is 4.74 Å². The number of aromatic nitrogens is 2. The Hall–Kier alpha value is -1.83. The standard InChI is InChI=1S/C16H20F2N4O.C2H6/c17-15-2-1-14(11-16(15)18)22-6-3-13(20-22)12-23-10-9-21-7-4-19-5-8-21;1-2/h1-3,6,11,19H,4-5,7-10,12H2;1-2H3. The molecule has 1 aromatic heterocycles. The number of hydrogen-bond donors (Lipinski definition) is 1. The topological polar surface area (TPSA) is 42.3 Å². The molecule has 0 aliphatic carbocycles. The second-order valence-electron chi connectivity index (χ2n) is 5.49. The molecule has 2 aromatic rings. The number of nitrogens with zero attached hydrogens (tertiary/aromatic N) is 3. The summed E-state index contributed by atoms with van der Waals surface area (Å²) in [7, 11) is 0. The average molecular weight is 352 g/mol. The van der Waals surface area contributed by atoms with Crippen LogP contribution in [0.5, 0.6) is 0 Å². The largest absolute Gasteiger partial charge is 0.374 e. The maximum Gasteiger partial charge on any atom is 0.160 e. The molecule has 1 N–H and O–H groups in total. The van der Waals surface area contributed by atoms with Crippen LogP contribution in [0.2, 0.25) is 0 Å². The number of rotatable bonds is 6. The molecule has 0 spiro atoms. The first kappa shape index (κ1) is 19.5. The monoisotopic (exact) mass is 352 g/mol. The Kier molecular flexibility index (Phi) is 7.97. The first-order chi connectivity index (χ1) is 12.2. The highest BCUT2D eigenvalue weighted by Gasteiger charge is 2.09. The zero-order valence-corrected chi connectivity index (χ0v) is 14.8. The lowest BCUT2D eigenvalue weighted by Crippen LogP contribution is -2.44. The molecule has 0 amide bonds. The van der Waals surface area contributed by atoms with Crippen LogP contribution >= 0.6 is 0 Å². The third-order valence-corrected chi connectivity index (χ3v) is 3.82. The van der Waals surface area contributed by atoms with Crippen molar-refractivity contribution in [2.24, 2.45) is 0 Å². The molecule has 138 valence electrons. The van der Waals surface area contributed by atoms with Crippen LogP contribution in [0.15, 0.2) is 30.5 Å². The van der Waals surface area contributed by atoms with Gasteiger partial charge in [-0.3, -0.25) is 4.90 Å². The van der Waals surface area contributed by atoms with Gasteiger partial charge >= 0.3 is 0 Å². The van der Waals surface area contributed by atoms with Crippen LogP contribution < -0.4 is 5.32 Å². The fraction of sp³-hybridized carbons (Fsp3) is 0.500. The number of hydrogen-bond acceptors (Lipinski definition) is 4. The van der Waals surface area contributed by atoms with Crippen LogP contribution in [-0.4, -0.2) is 54.0 Å². The molecule has 1 saturated heterocycles. The molecule has 1 aromatic carbocycles. The van der Waals surface area contributed by atoms with Gasteiger partial charge in [-0.25, -0.2) is 13.5 Å². The molecule has 1 aliphatic rings. The Labute approximate surface area is 147 Å². The first-order valence-electron chi connectivity index (χ1n) is 8.73. The van der Waals surface area contributed by atoms with Gasteiger partial charge in [0, 0.05) is 45.0 Å². The SMILES string of the molecule is CC.Fc1ccc(-n2ccc(COCCN3CCNCC3)n2)cc1F. The number of ether oxygens (including phenoxy) is 1. The lowest BCUT2D eigenvalue weighted by atomic mass is 10.3. The molecule has 25 heavy (non-hydrogen) atoms. The Balaban J connectivity index is 0.00000109. The van der Waals surface area contributed by atoms with E-state index in [-0.39, 0.29) is 0 Å². The summed E-state index contributed by atoms with van der Waals surface area (Å²) in [5, 5.41) is 7.63. The minimum absolute atomic E-state index is 0.406. The van der Waals surface area contributed by atoms with E-state index in [0.717, 1.165) is 50.6 Å². The summed E-state index contributed by atoms with van der Waals surface area (Å²) < 4.78 is 33.3. The van der Waals surface area contributed by atoms with E-state index < -0.39 is 11.6 Å². The Morgan fingerprint density at radius 2 is 1.88 bits per heavy atom. The molecule has 0 radical (unpaired) electrons. The number of nitrogens with one attached hydrogen (secondary N) is 1. The summed E-state index contributed by atoms with van der Waals surface area (Å²) in [4.78, 5) is 2.36. The fourth-order valence-corrected chi connectivity index (χ4v) is 2.52. The Morgan fingerprint density at radius 1 is 1.12 bits per heavy atom. The molecule has 0 unspecified atom stereocenters. The van der Waals surface area contributed by atoms with E-state index in [0.29, 0.717) is 18.9 Å². The molecule has 1 aliphatic heterocycles. The van der Waals surface area contributed by atoms with Crippen LogP contribution in [-0.2, 0) is 11.3 Å². The molecule has 0 bridgehead atoms. The minimum Gasteiger partial charge on any atom is -0.374 e. The molecule has 2 heterocycles. The van der Waals surface area contributed by atoms with E-state index >= 15 is 0 Å². The quantitative estimate of drug-likeness (QED) is 0.812. The summed E-state index contributed by atoms with van der Waals surface area (Å²) >= 11 is 0. The molecule has 3 rings (SSSR count). The van der Waals surface area contributed by atoms with Crippen molar-refractivity contribution in [3.8, 4) is 5.69 Å². The van der Waals surface area contributed by atoms with Gasteiger partial charge in [0.25, 0.3) is 0 Å². The molecule has 0 saturated carbocycles. The van der Waals surface area contributed by atoms with Gasteiger partial charge in [-0.1, -0.05) is 13.8 Å². The van der Waals surface area contributed by atoms with Gasteiger partial charge in [0.05, 0.1) is 24.6 Å². The van der Waals surface area contributed by atoms with Crippen molar-refractivity contribution < 1.29 is 13.5 Å². The van der Waals surface area contributed by atoms with Gasteiger partial charge in [-0.05, 0) is 18.2 Å². The van der Waals surface area contributed by atoms with Gasteiger partial charge in [0.1, 0.15) is 0 Å². The predicted octanol–water partition coefficient (Wildman–Crippen LogP) is 2.60. The van der Waals surface area contributed by atoms with E-state index in [1.807, 2.05) is 19.9 Å². The number of piperazine rings is 1. The van der Waals surface area contributed by atoms with Crippen molar-refractivity contribution in [3.05, 3.63) is 47.8 Å². The second-order valence-corrected chi connectivity index (χ2v) is 5.49. The number of halogens is 2. The molecule has 7 heteroatoms. The zero-order valence-electron chi connectivity index (χ0n) is 14.8. The Bertz CT molecular complexity index is 642. The van der Waals surface area contributed by atoms with Crippen LogP contribution in [0.25, 0.3) is 5.69 Å². The summed E-state index contributed by atoms with van der Waals surface area (Å²) in [6.45, 7) is 10.1. The zero-order chi connectivity index (χ0) is 18.1. The highest BCUT2D eigenvalue weighted by molar-refractivity contribution is 5.32.